The monoisotopic (exact) mass is 333 g/mol. The maximum Gasteiger partial charge on any atom is 0.391 e. The lowest BCUT2D eigenvalue weighted by Gasteiger charge is -2.35. The van der Waals surface area contributed by atoms with Crippen LogP contribution in [0.1, 0.15) is 54.1 Å². The molecule has 1 aromatic heterocycles. The van der Waals surface area contributed by atoms with Crippen LogP contribution in [0.3, 0.4) is 0 Å². The molecule has 3 nitrogen and oxygen atoms in total. The minimum atomic E-state index is -4.17. The molecule has 0 saturated heterocycles. The fourth-order valence-corrected chi connectivity index (χ4v) is 4.27. The molecule has 0 radical (unpaired) electrons. The van der Waals surface area contributed by atoms with Crippen molar-refractivity contribution in [2.24, 2.45) is 11.8 Å². The highest BCUT2D eigenvalue weighted by atomic mass is 32.2. The number of hydrogen-bond acceptors (Lipinski definition) is 4. The Morgan fingerprint density at radius 1 is 1.32 bits per heavy atom. The van der Waals surface area contributed by atoms with Gasteiger partial charge in [-0.25, -0.2) is 0 Å². The first-order valence-electron chi connectivity index (χ1n) is 7.50. The van der Waals surface area contributed by atoms with Gasteiger partial charge in [-0.2, -0.15) is 24.9 Å². The second-order valence-electron chi connectivity index (χ2n) is 6.17. The van der Waals surface area contributed by atoms with Crippen LogP contribution in [-0.2, 0) is 0 Å². The number of nitrogens with zero attached hydrogens (tertiary/aromatic N) is 1. The van der Waals surface area contributed by atoms with E-state index in [1.807, 2.05) is 0 Å². The number of rotatable bonds is 4. The molecule has 0 N–H and O–H groups in total. The van der Waals surface area contributed by atoms with Gasteiger partial charge in [-0.3, -0.25) is 4.79 Å². The Morgan fingerprint density at radius 2 is 2.05 bits per heavy atom. The van der Waals surface area contributed by atoms with Crippen molar-refractivity contribution < 1.29 is 22.5 Å². The highest BCUT2D eigenvalue weighted by Gasteiger charge is 2.47. The van der Waals surface area contributed by atoms with Crippen LogP contribution in [0.25, 0.3) is 0 Å². The van der Waals surface area contributed by atoms with Gasteiger partial charge < -0.3 is 4.52 Å². The summed E-state index contributed by atoms with van der Waals surface area (Å²) in [5.74, 6) is -0.864. The van der Waals surface area contributed by atoms with Crippen LogP contribution < -0.4 is 0 Å². The van der Waals surface area contributed by atoms with E-state index in [1.54, 1.807) is 6.26 Å². The van der Waals surface area contributed by atoms with Crippen molar-refractivity contribution in [1.82, 2.24) is 5.16 Å². The fraction of sp³-hybridized carbons (Fsp3) is 0.733. The molecule has 22 heavy (non-hydrogen) atoms. The summed E-state index contributed by atoms with van der Waals surface area (Å²) in [7, 11) is 0. The third kappa shape index (κ3) is 3.05. The number of carbonyl (C=O) groups is 1. The van der Waals surface area contributed by atoms with E-state index in [4.69, 9.17) is 4.52 Å². The van der Waals surface area contributed by atoms with Gasteiger partial charge in [0.05, 0.1) is 17.7 Å². The molecule has 2 aliphatic carbocycles. The van der Waals surface area contributed by atoms with Crippen molar-refractivity contribution in [2.45, 2.75) is 49.4 Å². The Morgan fingerprint density at radius 3 is 2.64 bits per heavy atom. The molecule has 0 spiro atoms. The second-order valence-corrected chi connectivity index (χ2v) is 7.25. The number of Topliss-reactive ketones (excluding diaryl/α,β-unsaturated/α-hetero) is 1. The largest absolute Gasteiger partial charge is 0.391 e. The lowest BCUT2D eigenvalue weighted by Crippen LogP contribution is -2.38. The predicted octanol–water partition coefficient (Wildman–Crippen LogP) is 4.44. The number of ketones is 1. The third-order valence-corrected chi connectivity index (χ3v) is 5.83. The Labute approximate surface area is 131 Å². The van der Waals surface area contributed by atoms with E-state index in [-0.39, 0.29) is 42.1 Å². The minimum absolute atomic E-state index is 0.0190. The molecule has 0 aliphatic heterocycles. The van der Waals surface area contributed by atoms with E-state index in [2.05, 4.69) is 5.16 Å². The van der Waals surface area contributed by atoms with Crippen molar-refractivity contribution in [3.63, 3.8) is 0 Å². The molecule has 3 unspecified atom stereocenters. The molecule has 2 saturated carbocycles. The summed E-state index contributed by atoms with van der Waals surface area (Å²) < 4.78 is 43.9. The van der Waals surface area contributed by atoms with E-state index in [9.17, 15) is 18.0 Å². The quantitative estimate of drug-likeness (QED) is 0.764. The maximum atomic E-state index is 12.9. The van der Waals surface area contributed by atoms with Gasteiger partial charge in [-0.05, 0) is 38.4 Å². The molecule has 0 bridgehead atoms. The molecule has 0 amide bonds. The SMILES string of the molecule is CSC1CC(C(F)(F)F)CCC1C(=O)c1cnoc1C1CC1. The third-order valence-electron chi connectivity index (χ3n) is 4.71. The predicted molar refractivity (Wildman–Crippen MR) is 77.0 cm³/mol. The van der Waals surface area contributed by atoms with Gasteiger partial charge in [-0.1, -0.05) is 5.16 Å². The van der Waals surface area contributed by atoms with Crippen molar-refractivity contribution in [3.05, 3.63) is 17.5 Å². The summed E-state index contributed by atoms with van der Waals surface area (Å²) >= 11 is 1.36. The van der Waals surface area contributed by atoms with Crippen LogP contribution >= 0.6 is 11.8 Å². The molecular weight excluding hydrogens is 315 g/mol. The summed E-state index contributed by atoms with van der Waals surface area (Å²) in [5, 5.41) is 3.43. The Bertz CT molecular complexity index is 553. The normalized spacial score (nSPS) is 29.5. The van der Waals surface area contributed by atoms with Crippen LogP contribution in [0, 0.1) is 11.8 Å². The fourth-order valence-electron chi connectivity index (χ4n) is 3.26. The van der Waals surface area contributed by atoms with E-state index in [0.29, 0.717) is 11.3 Å². The standard InChI is InChI=1S/C15H18F3NO2S/c1-22-12-6-9(15(16,17)18)4-5-10(12)13(20)11-7-19-21-14(11)8-2-3-8/h7-10,12H,2-6H2,1H3. The van der Waals surface area contributed by atoms with Crippen LogP contribution in [0.15, 0.2) is 10.7 Å². The molecule has 7 heteroatoms. The highest BCUT2D eigenvalue weighted by molar-refractivity contribution is 7.99. The summed E-state index contributed by atoms with van der Waals surface area (Å²) in [4.78, 5) is 12.7. The highest BCUT2D eigenvalue weighted by Crippen LogP contribution is 2.46. The van der Waals surface area contributed by atoms with Gasteiger partial charge in [0.1, 0.15) is 0 Å². The first-order valence-corrected chi connectivity index (χ1v) is 8.79. The summed E-state index contributed by atoms with van der Waals surface area (Å²) in [6.45, 7) is 0. The van der Waals surface area contributed by atoms with Gasteiger partial charge in [0.2, 0.25) is 0 Å². The minimum Gasteiger partial charge on any atom is -0.360 e. The van der Waals surface area contributed by atoms with Gasteiger partial charge in [-0.15, -0.1) is 0 Å². The van der Waals surface area contributed by atoms with Crippen LogP contribution in [0.2, 0.25) is 0 Å². The number of thioether (sulfide) groups is 1. The lowest BCUT2D eigenvalue weighted by atomic mass is 9.78. The van der Waals surface area contributed by atoms with E-state index < -0.39 is 12.1 Å². The van der Waals surface area contributed by atoms with Gasteiger partial charge in [0.25, 0.3) is 0 Å². The molecule has 3 rings (SSSR count). The molecule has 0 aromatic carbocycles. The number of aromatic nitrogens is 1. The van der Waals surface area contributed by atoms with Gasteiger partial charge in [0.15, 0.2) is 11.5 Å². The van der Waals surface area contributed by atoms with Crippen molar-refractivity contribution >= 4 is 17.5 Å². The zero-order valence-electron chi connectivity index (χ0n) is 12.2. The molecular formula is C15H18F3NO2S. The maximum absolute atomic E-state index is 12.9. The smallest absolute Gasteiger partial charge is 0.360 e. The van der Waals surface area contributed by atoms with Crippen molar-refractivity contribution in [2.75, 3.05) is 6.26 Å². The van der Waals surface area contributed by atoms with Gasteiger partial charge >= 0.3 is 6.18 Å². The molecule has 2 fully saturated rings. The average molecular weight is 333 g/mol. The molecule has 122 valence electrons. The number of alkyl halides is 3. The summed E-state index contributed by atoms with van der Waals surface area (Å²) in [6, 6.07) is 0. The Balaban J connectivity index is 1.76. The zero-order valence-corrected chi connectivity index (χ0v) is 13.0. The average Bonchev–Trinajstić information content (AvgIpc) is 3.22. The number of hydrogen-bond donors (Lipinski definition) is 0. The first kappa shape index (κ1) is 15.9. The van der Waals surface area contributed by atoms with Gasteiger partial charge in [0, 0.05) is 17.1 Å². The summed E-state index contributed by atoms with van der Waals surface area (Å²) in [6.07, 6.45) is 1.35. The number of carbonyl (C=O) groups excluding carboxylic acids is 1. The Kier molecular flexibility index (Phi) is 4.27. The molecule has 1 aromatic rings. The lowest BCUT2D eigenvalue weighted by molar-refractivity contribution is -0.182. The topological polar surface area (TPSA) is 43.1 Å². The molecule has 1 heterocycles. The first-order chi connectivity index (χ1) is 10.4. The Hall–Kier alpha value is -0.980. The van der Waals surface area contributed by atoms with Crippen LogP contribution in [-0.4, -0.2) is 28.6 Å². The van der Waals surface area contributed by atoms with Crippen LogP contribution in [0.4, 0.5) is 13.2 Å². The van der Waals surface area contributed by atoms with Crippen molar-refractivity contribution in [1.29, 1.82) is 0 Å². The van der Waals surface area contributed by atoms with Crippen LogP contribution in [0.5, 0.6) is 0 Å². The number of halogens is 3. The molecule has 2 aliphatic rings. The second kappa shape index (κ2) is 5.91. The van der Waals surface area contributed by atoms with E-state index >= 15 is 0 Å². The van der Waals surface area contributed by atoms with E-state index in [0.717, 1.165) is 12.8 Å². The molecule has 3 atom stereocenters. The summed E-state index contributed by atoms with van der Waals surface area (Å²) in [5.41, 5.74) is 0.483. The zero-order chi connectivity index (χ0) is 15.9. The van der Waals surface area contributed by atoms with Crippen molar-refractivity contribution in [3.8, 4) is 0 Å². The van der Waals surface area contributed by atoms with E-state index in [1.165, 1.54) is 18.0 Å².